The van der Waals surface area contributed by atoms with E-state index in [1.54, 1.807) is 7.11 Å². The van der Waals surface area contributed by atoms with Crippen molar-refractivity contribution in [3.05, 3.63) is 65.9 Å². The molecule has 0 bridgehead atoms. The van der Waals surface area contributed by atoms with Gasteiger partial charge in [-0.25, -0.2) is 4.98 Å². The van der Waals surface area contributed by atoms with E-state index in [0.717, 1.165) is 37.7 Å². The number of benzene rings is 2. The Morgan fingerprint density at radius 3 is 2.55 bits per heavy atom. The lowest BCUT2D eigenvalue weighted by molar-refractivity contribution is -0.00545. The molecule has 1 saturated heterocycles. The average Bonchev–Trinajstić information content (AvgIpc) is 2.73. The van der Waals surface area contributed by atoms with Crippen molar-refractivity contribution in [1.82, 2.24) is 10.3 Å². The summed E-state index contributed by atoms with van der Waals surface area (Å²) in [6.45, 7) is 7.50. The Hall–Kier alpha value is -2.63. The third-order valence-corrected chi connectivity index (χ3v) is 5.40. The summed E-state index contributed by atoms with van der Waals surface area (Å²) in [6, 6.07) is 16.8. The first-order chi connectivity index (χ1) is 14.1. The standard InChI is InChI=1S/C24H29N3O2/c1-17-15-27(16-18(2)29-17)24-11-8-19(13-26-24)12-25-14-22-21-7-5-4-6-20(21)9-10-23(22)28-3/h4-11,13,17-18,25H,12,14-16H2,1-3H3. The quantitative estimate of drug-likeness (QED) is 0.684. The Kier molecular flexibility index (Phi) is 5.97. The molecule has 0 radical (unpaired) electrons. The van der Waals surface area contributed by atoms with E-state index in [2.05, 4.69) is 71.5 Å². The number of anilines is 1. The second kappa shape index (κ2) is 8.80. The highest BCUT2D eigenvalue weighted by molar-refractivity contribution is 5.87. The van der Waals surface area contributed by atoms with Crippen molar-refractivity contribution in [2.24, 2.45) is 0 Å². The van der Waals surface area contributed by atoms with Gasteiger partial charge in [0.15, 0.2) is 0 Å². The van der Waals surface area contributed by atoms with Crippen LogP contribution in [-0.4, -0.2) is 37.4 Å². The molecule has 2 heterocycles. The van der Waals surface area contributed by atoms with Crippen LogP contribution in [0.5, 0.6) is 5.75 Å². The average molecular weight is 392 g/mol. The molecule has 1 fully saturated rings. The summed E-state index contributed by atoms with van der Waals surface area (Å²) in [7, 11) is 1.73. The fraction of sp³-hybridized carbons (Fsp3) is 0.375. The van der Waals surface area contributed by atoms with Gasteiger partial charge in [-0.15, -0.1) is 0 Å². The Morgan fingerprint density at radius 1 is 1.03 bits per heavy atom. The number of pyridine rings is 1. The minimum Gasteiger partial charge on any atom is -0.496 e. The van der Waals surface area contributed by atoms with E-state index in [-0.39, 0.29) is 12.2 Å². The van der Waals surface area contributed by atoms with Gasteiger partial charge in [0.05, 0.1) is 19.3 Å². The molecule has 2 atom stereocenters. The minimum absolute atomic E-state index is 0.234. The first-order valence-electron chi connectivity index (χ1n) is 10.2. The highest BCUT2D eigenvalue weighted by Gasteiger charge is 2.22. The first-order valence-corrected chi connectivity index (χ1v) is 10.2. The summed E-state index contributed by atoms with van der Waals surface area (Å²) in [5, 5.41) is 6.00. The lowest BCUT2D eigenvalue weighted by Crippen LogP contribution is -2.45. The monoisotopic (exact) mass is 391 g/mol. The number of hydrogen-bond donors (Lipinski definition) is 1. The van der Waals surface area contributed by atoms with Crippen LogP contribution in [0.25, 0.3) is 10.8 Å². The third-order valence-electron chi connectivity index (χ3n) is 5.40. The van der Waals surface area contributed by atoms with Crippen molar-refractivity contribution in [3.8, 4) is 5.75 Å². The zero-order valence-electron chi connectivity index (χ0n) is 17.4. The van der Waals surface area contributed by atoms with E-state index in [1.807, 2.05) is 12.3 Å². The molecule has 2 unspecified atom stereocenters. The van der Waals surface area contributed by atoms with Gasteiger partial charge in [0.25, 0.3) is 0 Å². The van der Waals surface area contributed by atoms with Gasteiger partial charge < -0.3 is 19.7 Å². The number of aromatic nitrogens is 1. The Morgan fingerprint density at radius 2 is 1.83 bits per heavy atom. The van der Waals surface area contributed by atoms with E-state index in [9.17, 15) is 0 Å². The van der Waals surface area contributed by atoms with Crippen molar-refractivity contribution < 1.29 is 9.47 Å². The number of methoxy groups -OCH3 is 1. The molecule has 2 aromatic carbocycles. The lowest BCUT2D eigenvalue weighted by Gasteiger charge is -2.36. The fourth-order valence-electron chi connectivity index (χ4n) is 4.09. The summed E-state index contributed by atoms with van der Waals surface area (Å²) in [4.78, 5) is 6.99. The van der Waals surface area contributed by atoms with Crippen molar-refractivity contribution in [1.29, 1.82) is 0 Å². The summed E-state index contributed by atoms with van der Waals surface area (Å²) >= 11 is 0. The van der Waals surface area contributed by atoms with Gasteiger partial charge in [-0.05, 0) is 42.3 Å². The van der Waals surface area contributed by atoms with Crippen LogP contribution in [0.2, 0.25) is 0 Å². The Bertz CT molecular complexity index is 948. The molecule has 5 nitrogen and oxygen atoms in total. The molecule has 0 saturated carbocycles. The molecule has 29 heavy (non-hydrogen) atoms. The summed E-state index contributed by atoms with van der Waals surface area (Å²) in [5.74, 6) is 1.94. The number of hydrogen-bond acceptors (Lipinski definition) is 5. The van der Waals surface area contributed by atoms with Crippen LogP contribution >= 0.6 is 0 Å². The van der Waals surface area contributed by atoms with Gasteiger partial charge in [0.2, 0.25) is 0 Å². The number of nitrogens with zero attached hydrogens (tertiary/aromatic N) is 2. The van der Waals surface area contributed by atoms with Crippen LogP contribution in [0.15, 0.2) is 54.7 Å². The predicted molar refractivity (Wildman–Crippen MR) is 118 cm³/mol. The maximum atomic E-state index is 5.82. The van der Waals surface area contributed by atoms with Gasteiger partial charge in [-0.3, -0.25) is 0 Å². The summed E-state index contributed by atoms with van der Waals surface area (Å²) in [6.07, 6.45) is 2.43. The highest BCUT2D eigenvalue weighted by atomic mass is 16.5. The van der Waals surface area contributed by atoms with Crippen molar-refractivity contribution in [2.45, 2.75) is 39.1 Å². The molecule has 0 aliphatic carbocycles. The van der Waals surface area contributed by atoms with Gasteiger partial charge in [-0.1, -0.05) is 36.4 Å². The SMILES string of the molecule is COc1ccc2ccccc2c1CNCc1ccc(N2CC(C)OC(C)C2)nc1. The van der Waals surface area contributed by atoms with Crippen LogP contribution < -0.4 is 15.0 Å². The number of rotatable bonds is 6. The van der Waals surface area contributed by atoms with E-state index in [0.29, 0.717) is 0 Å². The molecule has 1 N–H and O–H groups in total. The molecule has 1 aliphatic rings. The van der Waals surface area contributed by atoms with E-state index in [1.165, 1.54) is 21.9 Å². The van der Waals surface area contributed by atoms with Crippen LogP contribution in [0.1, 0.15) is 25.0 Å². The first kappa shape index (κ1) is 19.7. The zero-order chi connectivity index (χ0) is 20.2. The lowest BCUT2D eigenvalue weighted by atomic mass is 10.0. The maximum absolute atomic E-state index is 5.82. The second-order valence-corrected chi connectivity index (χ2v) is 7.76. The molecule has 1 aliphatic heterocycles. The van der Waals surface area contributed by atoms with E-state index >= 15 is 0 Å². The van der Waals surface area contributed by atoms with Crippen LogP contribution in [-0.2, 0) is 17.8 Å². The fourth-order valence-corrected chi connectivity index (χ4v) is 4.09. The smallest absolute Gasteiger partial charge is 0.128 e. The molecule has 0 spiro atoms. The minimum atomic E-state index is 0.234. The molecule has 1 aromatic heterocycles. The molecule has 0 amide bonds. The van der Waals surface area contributed by atoms with Crippen LogP contribution in [0.4, 0.5) is 5.82 Å². The van der Waals surface area contributed by atoms with Crippen molar-refractivity contribution >= 4 is 16.6 Å². The topological polar surface area (TPSA) is 46.6 Å². The van der Waals surface area contributed by atoms with Gasteiger partial charge >= 0.3 is 0 Å². The maximum Gasteiger partial charge on any atom is 0.128 e. The largest absolute Gasteiger partial charge is 0.496 e. The molecule has 5 heteroatoms. The Balaban J connectivity index is 1.41. The van der Waals surface area contributed by atoms with Crippen LogP contribution in [0, 0.1) is 0 Å². The predicted octanol–water partition coefficient (Wildman–Crippen LogP) is 4.15. The summed E-state index contributed by atoms with van der Waals surface area (Å²) < 4.78 is 11.4. The van der Waals surface area contributed by atoms with Gasteiger partial charge in [0, 0.05) is 37.9 Å². The van der Waals surface area contributed by atoms with Gasteiger partial charge in [0.1, 0.15) is 11.6 Å². The zero-order valence-corrected chi connectivity index (χ0v) is 17.4. The molecule has 152 valence electrons. The Labute approximate surface area is 172 Å². The molecule has 3 aromatic rings. The van der Waals surface area contributed by atoms with Crippen molar-refractivity contribution in [3.63, 3.8) is 0 Å². The molecular weight excluding hydrogens is 362 g/mol. The van der Waals surface area contributed by atoms with E-state index < -0.39 is 0 Å². The molecule has 4 rings (SSSR count). The van der Waals surface area contributed by atoms with Crippen LogP contribution in [0.3, 0.4) is 0 Å². The number of nitrogens with one attached hydrogen (secondary N) is 1. The van der Waals surface area contributed by atoms with E-state index in [4.69, 9.17) is 9.47 Å². The third kappa shape index (κ3) is 4.52. The van der Waals surface area contributed by atoms with Crippen molar-refractivity contribution in [2.75, 3.05) is 25.1 Å². The highest BCUT2D eigenvalue weighted by Crippen LogP contribution is 2.28. The van der Waals surface area contributed by atoms with Gasteiger partial charge in [-0.2, -0.15) is 0 Å². The molecular formula is C24H29N3O2. The number of ether oxygens (including phenoxy) is 2. The summed E-state index contributed by atoms with van der Waals surface area (Å²) in [5.41, 5.74) is 2.36. The normalized spacial score (nSPS) is 19.5. The second-order valence-electron chi connectivity index (χ2n) is 7.76. The number of morpholine rings is 1. The number of fused-ring (bicyclic) bond motifs is 1.